The van der Waals surface area contributed by atoms with Crippen molar-refractivity contribution < 1.29 is 14.4 Å². The van der Waals surface area contributed by atoms with Crippen LogP contribution >= 0.6 is 0 Å². The van der Waals surface area contributed by atoms with Crippen molar-refractivity contribution in [1.82, 2.24) is 0 Å². The standard InChI is InChI=1S/C15H14O3S/c16-8-9-18-13-5-3-7-15-12(13)10-11-4-1-2-6-14(11)19(15)17/h1-7,16H,8-10H2. The first-order valence-electron chi connectivity index (χ1n) is 6.16. The molecule has 0 aromatic heterocycles. The van der Waals surface area contributed by atoms with Crippen LogP contribution in [0.1, 0.15) is 11.1 Å². The van der Waals surface area contributed by atoms with Crippen molar-refractivity contribution in [2.45, 2.75) is 16.2 Å². The van der Waals surface area contributed by atoms with Crippen molar-refractivity contribution >= 4 is 11.2 Å². The Morgan fingerprint density at radius 2 is 1.89 bits per heavy atom. The predicted molar refractivity (Wildman–Crippen MR) is 72.9 cm³/mol. The molecule has 0 fully saturated rings. The zero-order valence-electron chi connectivity index (χ0n) is 10.3. The first-order chi connectivity index (χ1) is 9.31. The third-order valence-corrected chi connectivity index (χ3v) is 4.76. The second-order valence-corrected chi connectivity index (χ2v) is 5.78. The van der Waals surface area contributed by atoms with Gasteiger partial charge in [0.05, 0.1) is 12.2 Å². The van der Waals surface area contributed by atoms with Crippen LogP contribution in [0.3, 0.4) is 0 Å². The third-order valence-electron chi connectivity index (χ3n) is 3.18. The molecule has 1 aliphatic rings. The second-order valence-electron chi connectivity index (χ2n) is 4.36. The van der Waals surface area contributed by atoms with Gasteiger partial charge in [-0.25, -0.2) is 0 Å². The summed E-state index contributed by atoms with van der Waals surface area (Å²) in [6.07, 6.45) is 0.721. The number of rotatable bonds is 3. The Morgan fingerprint density at radius 3 is 2.74 bits per heavy atom. The fourth-order valence-electron chi connectivity index (χ4n) is 2.32. The number of benzene rings is 2. The van der Waals surface area contributed by atoms with Crippen LogP contribution in [0.4, 0.5) is 0 Å². The van der Waals surface area contributed by atoms with E-state index in [-0.39, 0.29) is 13.2 Å². The van der Waals surface area contributed by atoms with Crippen molar-refractivity contribution in [1.29, 1.82) is 0 Å². The molecule has 19 heavy (non-hydrogen) atoms. The van der Waals surface area contributed by atoms with Gasteiger partial charge in [0, 0.05) is 23.2 Å². The van der Waals surface area contributed by atoms with Gasteiger partial charge < -0.3 is 14.4 Å². The maximum absolute atomic E-state index is 12.5. The van der Waals surface area contributed by atoms with E-state index in [1.807, 2.05) is 42.5 Å². The molecule has 1 N–H and O–H groups in total. The van der Waals surface area contributed by atoms with Crippen LogP contribution in [0.2, 0.25) is 0 Å². The monoisotopic (exact) mass is 274 g/mol. The van der Waals surface area contributed by atoms with Crippen LogP contribution in [0.25, 0.3) is 0 Å². The molecule has 3 nitrogen and oxygen atoms in total. The molecular formula is C15H14O3S. The molecule has 4 heteroatoms. The summed E-state index contributed by atoms with van der Waals surface area (Å²) in [6.45, 7) is 0.230. The van der Waals surface area contributed by atoms with Crippen molar-refractivity contribution in [3.8, 4) is 5.75 Å². The molecule has 1 unspecified atom stereocenters. The molecular weight excluding hydrogens is 260 g/mol. The lowest BCUT2D eigenvalue weighted by atomic mass is 10.0. The first-order valence-corrected chi connectivity index (χ1v) is 7.31. The zero-order chi connectivity index (χ0) is 13.2. The Kier molecular flexibility index (Phi) is 3.46. The lowest BCUT2D eigenvalue weighted by molar-refractivity contribution is 0.200. The number of fused-ring (bicyclic) bond motifs is 2. The average molecular weight is 274 g/mol. The van der Waals surface area contributed by atoms with Gasteiger partial charge in [0.25, 0.3) is 0 Å². The Hall–Kier alpha value is -1.49. The van der Waals surface area contributed by atoms with E-state index in [2.05, 4.69) is 0 Å². The maximum atomic E-state index is 12.5. The number of hydrogen-bond donors (Lipinski definition) is 1. The summed E-state index contributed by atoms with van der Waals surface area (Å²) in [6, 6.07) is 13.4. The minimum atomic E-state index is -1.15. The van der Waals surface area contributed by atoms with Gasteiger partial charge in [-0.15, -0.1) is 0 Å². The van der Waals surface area contributed by atoms with Gasteiger partial charge in [-0.2, -0.15) is 0 Å². The second kappa shape index (κ2) is 5.25. The van der Waals surface area contributed by atoms with E-state index in [1.165, 1.54) is 0 Å². The number of hydrogen-bond acceptors (Lipinski definition) is 3. The normalized spacial score (nSPS) is 16.6. The van der Waals surface area contributed by atoms with Gasteiger partial charge in [-0.05, 0) is 18.2 Å². The summed E-state index contributed by atoms with van der Waals surface area (Å²) in [5.74, 6) is 0.717. The molecule has 1 atom stereocenters. The van der Waals surface area contributed by atoms with Crippen LogP contribution < -0.4 is 4.74 Å². The lowest BCUT2D eigenvalue weighted by Gasteiger charge is -2.23. The Labute approximate surface area is 115 Å². The van der Waals surface area contributed by atoms with E-state index in [0.717, 1.165) is 33.1 Å². The third kappa shape index (κ3) is 2.23. The fourth-order valence-corrected chi connectivity index (χ4v) is 3.74. The number of aliphatic hydroxyl groups excluding tert-OH is 1. The molecule has 0 spiro atoms. The number of ether oxygens (including phenoxy) is 1. The molecule has 3 rings (SSSR count). The SMILES string of the molecule is [O-][S+]1c2ccccc2Cc2c(OCCO)cccc21. The Morgan fingerprint density at radius 1 is 1.11 bits per heavy atom. The fraction of sp³-hybridized carbons (Fsp3) is 0.200. The smallest absolute Gasteiger partial charge is 0.165 e. The van der Waals surface area contributed by atoms with Gasteiger partial charge >= 0.3 is 0 Å². The summed E-state index contributed by atoms with van der Waals surface area (Å²) in [5.41, 5.74) is 2.04. The molecule has 2 aromatic carbocycles. The van der Waals surface area contributed by atoms with Crippen LogP contribution in [-0.2, 0) is 17.6 Å². The first kappa shape index (κ1) is 12.5. The van der Waals surface area contributed by atoms with Crippen LogP contribution in [0.15, 0.2) is 52.3 Å². The molecule has 0 aliphatic carbocycles. The van der Waals surface area contributed by atoms with Crippen molar-refractivity contribution in [2.75, 3.05) is 13.2 Å². The van der Waals surface area contributed by atoms with Crippen molar-refractivity contribution in [3.63, 3.8) is 0 Å². The quantitative estimate of drug-likeness (QED) is 0.872. The molecule has 0 bridgehead atoms. The van der Waals surface area contributed by atoms with Crippen molar-refractivity contribution in [2.24, 2.45) is 0 Å². The topological polar surface area (TPSA) is 52.5 Å². The minimum absolute atomic E-state index is 0.0245. The van der Waals surface area contributed by atoms with Crippen LogP contribution in [-0.4, -0.2) is 22.9 Å². The van der Waals surface area contributed by atoms with E-state index in [0.29, 0.717) is 0 Å². The Balaban J connectivity index is 2.04. The van der Waals surface area contributed by atoms with Gasteiger partial charge in [0.1, 0.15) is 12.4 Å². The highest BCUT2D eigenvalue weighted by Crippen LogP contribution is 2.38. The minimum Gasteiger partial charge on any atom is -0.606 e. The molecule has 1 heterocycles. The average Bonchev–Trinajstić information content (AvgIpc) is 2.46. The van der Waals surface area contributed by atoms with Gasteiger partial charge in [-0.3, -0.25) is 0 Å². The highest BCUT2D eigenvalue weighted by molar-refractivity contribution is 7.91. The highest BCUT2D eigenvalue weighted by Gasteiger charge is 2.30. The van der Waals surface area contributed by atoms with Gasteiger partial charge in [-0.1, -0.05) is 24.3 Å². The van der Waals surface area contributed by atoms with E-state index in [1.54, 1.807) is 0 Å². The van der Waals surface area contributed by atoms with E-state index >= 15 is 0 Å². The summed E-state index contributed by atoms with van der Waals surface area (Å²) in [5, 5.41) is 8.86. The summed E-state index contributed by atoms with van der Waals surface area (Å²) in [7, 11) is 0. The molecule has 2 aromatic rings. The van der Waals surface area contributed by atoms with Crippen molar-refractivity contribution in [3.05, 3.63) is 53.6 Å². The molecule has 0 saturated heterocycles. The van der Waals surface area contributed by atoms with E-state index in [4.69, 9.17) is 9.84 Å². The summed E-state index contributed by atoms with van der Waals surface area (Å²) >= 11 is -1.15. The van der Waals surface area contributed by atoms with Crippen LogP contribution in [0.5, 0.6) is 5.75 Å². The lowest BCUT2D eigenvalue weighted by Crippen LogP contribution is -2.16. The van der Waals surface area contributed by atoms with Gasteiger partial charge in [0.2, 0.25) is 0 Å². The highest BCUT2D eigenvalue weighted by atomic mass is 32.2. The zero-order valence-corrected chi connectivity index (χ0v) is 11.2. The van der Waals surface area contributed by atoms with Gasteiger partial charge in [0.15, 0.2) is 9.79 Å². The van der Waals surface area contributed by atoms with E-state index < -0.39 is 11.2 Å². The predicted octanol–water partition coefficient (Wildman–Crippen LogP) is 2.13. The summed E-state index contributed by atoms with van der Waals surface area (Å²) < 4.78 is 18.1. The Bertz CT molecular complexity index is 598. The molecule has 0 radical (unpaired) electrons. The maximum Gasteiger partial charge on any atom is 0.165 e. The largest absolute Gasteiger partial charge is 0.606 e. The molecule has 0 amide bonds. The molecule has 0 saturated carbocycles. The molecule has 98 valence electrons. The van der Waals surface area contributed by atoms with E-state index in [9.17, 15) is 4.55 Å². The number of aliphatic hydroxyl groups is 1. The summed E-state index contributed by atoms with van der Waals surface area (Å²) in [4.78, 5) is 1.70. The molecule has 1 aliphatic heterocycles. The van der Waals surface area contributed by atoms with Crippen LogP contribution in [0, 0.1) is 0 Å².